The molecule has 0 spiro atoms. The zero-order valence-electron chi connectivity index (χ0n) is 12.6. The Morgan fingerprint density at radius 2 is 1.95 bits per heavy atom. The van der Waals surface area contributed by atoms with Crippen LogP contribution in [0.5, 0.6) is 0 Å². The lowest BCUT2D eigenvalue weighted by Crippen LogP contribution is -2.32. The highest BCUT2D eigenvalue weighted by atomic mass is 19.1. The Morgan fingerprint density at radius 3 is 2.52 bits per heavy atom. The van der Waals surface area contributed by atoms with Crippen molar-refractivity contribution in [1.82, 2.24) is 5.32 Å². The highest BCUT2D eigenvalue weighted by Crippen LogP contribution is 2.12. The van der Waals surface area contributed by atoms with E-state index >= 15 is 0 Å². The van der Waals surface area contributed by atoms with Gasteiger partial charge >= 0.3 is 5.97 Å². The van der Waals surface area contributed by atoms with Gasteiger partial charge in [0.05, 0.1) is 5.92 Å². The number of carboxylic acid groups (broad SMARTS) is 1. The molecule has 0 aliphatic heterocycles. The van der Waals surface area contributed by atoms with Crippen LogP contribution >= 0.6 is 0 Å². The average Bonchev–Trinajstić information content (AvgIpc) is 2.41. The maximum Gasteiger partial charge on any atom is 0.306 e. The molecule has 1 aromatic rings. The summed E-state index contributed by atoms with van der Waals surface area (Å²) in [4.78, 5) is 22.6. The van der Waals surface area contributed by atoms with Crippen molar-refractivity contribution in [2.75, 3.05) is 0 Å². The number of aliphatic carboxylic acids is 1. The van der Waals surface area contributed by atoms with Gasteiger partial charge in [-0.25, -0.2) is 4.39 Å². The largest absolute Gasteiger partial charge is 0.481 e. The van der Waals surface area contributed by atoms with Crippen LogP contribution in [0.25, 0.3) is 0 Å². The van der Waals surface area contributed by atoms with E-state index in [9.17, 15) is 14.0 Å². The first-order valence-electron chi connectivity index (χ1n) is 7.11. The van der Waals surface area contributed by atoms with Crippen molar-refractivity contribution in [3.8, 4) is 0 Å². The van der Waals surface area contributed by atoms with E-state index in [1.54, 1.807) is 26.0 Å². The third-order valence-corrected chi connectivity index (χ3v) is 3.51. The number of aryl methyl sites for hydroxylation is 1. The van der Waals surface area contributed by atoms with Gasteiger partial charge in [-0.2, -0.15) is 0 Å². The van der Waals surface area contributed by atoms with Gasteiger partial charge in [-0.3, -0.25) is 9.59 Å². The van der Waals surface area contributed by atoms with Crippen LogP contribution in [-0.2, 0) is 4.79 Å². The highest BCUT2D eigenvalue weighted by Gasteiger charge is 2.13. The van der Waals surface area contributed by atoms with Crippen molar-refractivity contribution >= 4 is 11.9 Å². The molecular formula is C16H22FNO3. The minimum atomic E-state index is -0.804. The molecule has 2 atom stereocenters. The molecule has 2 unspecified atom stereocenters. The van der Waals surface area contributed by atoms with Gasteiger partial charge in [0.2, 0.25) is 0 Å². The standard InChI is InChI=1S/C16H22FNO3/c1-10-7-8-13(9-14(10)17)15(19)18-12(3)6-4-5-11(2)16(20)21/h7-9,11-12H,4-6H2,1-3H3,(H,18,19)(H,20,21). The Bertz CT molecular complexity index is 516. The number of benzene rings is 1. The summed E-state index contributed by atoms with van der Waals surface area (Å²) in [7, 11) is 0. The molecule has 1 amide bonds. The molecule has 0 saturated heterocycles. The molecule has 0 radical (unpaired) electrons. The van der Waals surface area contributed by atoms with Gasteiger partial charge in [0.15, 0.2) is 0 Å². The second kappa shape index (κ2) is 7.76. The zero-order chi connectivity index (χ0) is 16.0. The topological polar surface area (TPSA) is 66.4 Å². The fraction of sp³-hybridized carbons (Fsp3) is 0.500. The minimum absolute atomic E-state index is 0.0807. The second-order valence-corrected chi connectivity index (χ2v) is 5.51. The Labute approximate surface area is 124 Å². The van der Waals surface area contributed by atoms with Gasteiger partial charge in [0.25, 0.3) is 5.91 Å². The van der Waals surface area contributed by atoms with Gasteiger partial charge in [0, 0.05) is 11.6 Å². The lowest BCUT2D eigenvalue weighted by atomic mass is 10.0. The number of nitrogens with one attached hydrogen (secondary N) is 1. The van der Waals surface area contributed by atoms with Crippen LogP contribution in [0.1, 0.15) is 49.0 Å². The predicted octanol–water partition coefficient (Wildman–Crippen LogP) is 3.14. The third kappa shape index (κ3) is 5.53. The molecule has 2 N–H and O–H groups in total. The van der Waals surface area contributed by atoms with Crippen LogP contribution < -0.4 is 5.32 Å². The molecule has 0 aromatic heterocycles. The molecule has 4 nitrogen and oxygen atoms in total. The summed E-state index contributed by atoms with van der Waals surface area (Å²) in [6, 6.07) is 4.31. The highest BCUT2D eigenvalue weighted by molar-refractivity contribution is 5.94. The lowest BCUT2D eigenvalue weighted by molar-refractivity contribution is -0.141. The van der Waals surface area contributed by atoms with Crippen LogP contribution in [0, 0.1) is 18.7 Å². The molecule has 0 fully saturated rings. The lowest BCUT2D eigenvalue weighted by Gasteiger charge is -2.15. The molecule has 1 rings (SSSR count). The number of amides is 1. The summed E-state index contributed by atoms with van der Waals surface area (Å²) < 4.78 is 13.4. The average molecular weight is 295 g/mol. The quantitative estimate of drug-likeness (QED) is 0.812. The number of hydrogen-bond acceptors (Lipinski definition) is 2. The second-order valence-electron chi connectivity index (χ2n) is 5.51. The van der Waals surface area contributed by atoms with Crippen LogP contribution in [0.4, 0.5) is 4.39 Å². The van der Waals surface area contributed by atoms with Crippen LogP contribution in [-0.4, -0.2) is 23.0 Å². The van der Waals surface area contributed by atoms with E-state index in [2.05, 4.69) is 5.32 Å². The van der Waals surface area contributed by atoms with E-state index in [0.29, 0.717) is 24.0 Å². The van der Waals surface area contributed by atoms with E-state index in [-0.39, 0.29) is 17.9 Å². The van der Waals surface area contributed by atoms with Crippen molar-refractivity contribution < 1.29 is 19.1 Å². The number of carbonyl (C=O) groups excluding carboxylic acids is 1. The van der Waals surface area contributed by atoms with E-state index in [0.717, 1.165) is 6.42 Å². The number of hydrogen-bond donors (Lipinski definition) is 2. The minimum Gasteiger partial charge on any atom is -0.481 e. The monoisotopic (exact) mass is 295 g/mol. The Kier molecular flexibility index (Phi) is 6.34. The summed E-state index contributed by atoms with van der Waals surface area (Å²) in [5.41, 5.74) is 0.797. The van der Waals surface area contributed by atoms with E-state index in [1.165, 1.54) is 6.07 Å². The smallest absolute Gasteiger partial charge is 0.306 e. The molecule has 116 valence electrons. The molecule has 1 aromatic carbocycles. The van der Waals surface area contributed by atoms with Crippen molar-refractivity contribution in [2.24, 2.45) is 5.92 Å². The van der Waals surface area contributed by atoms with Crippen LogP contribution in [0.3, 0.4) is 0 Å². The molecule has 0 saturated carbocycles. The SMILES string of the molecule is Cc1ccc(C(=O)NC(C)CCCC(C)C(=O)O)cc1F. The molecule has 0 bridgehead atoms. The first-order chi connectivity index (χ1) is 9.81. The maximum absolute atomic E-state index is 13.4. The summed E-state index contributed by atoms with van der Waals surface area (Å²) in [5.74, 6) is -1.89. The van der Waals surface area contributed by atoms with Gasteiger partial charge in [-0.05, 0) is 44.4 Å². The number of carboxylic acids is 1. The number of carbonyl (C=O) groups is 2. The normalized spacial score (nSPS) is 13.5. The molecule has 0 aliphatic rings. The number of rotatable bonds is 7. The fourth-order valence-corrected chi connectivity index (χ4v) is 1.97. The Balaban J connectivity index is 2.43. The van der Waals surface area contributed by atoms with Crippen molar-refractivity contribution in [3.05, 3.63) is 35.1 Å². The molecular weight excluding hydrogens is 273 g/mol. The van der Waals surface area contributed by atoms with Gasteiger partial charge in [-0.1, -0.05) is 19.4 Å². The zero-order valence-corrected chi connectivity index (χ0v) is 12.6. The van der Waals surface area contributed by atoms with E-state index < -0.39 is 11.8 Å². The maximum atomic E-state index is 13.4. The summed E-state index contributed by atoms with van der Waals surface area (Å²) in [6.07, 6.45) is 1.99. The third-order valence-electron chi connectivity index (χ3n) is 3.51. The fourth-order valence-electron chi connectivity index (χ4n) is 1.97. The van der Waals surface area contributed by atoms with Gasteiger partial charge < -0.3 is 10.4 Å². The summed E-state index contributed by atoms with van der Waals surface area (Å²) >= 11 is 0. The van der Waals surface area contributed by atoms with Crippen molar-refractivity contribution in [2.45, 2.75) is 46.1 Å². The van der Waals surface area contributed by atoms with E-state index in [4.69, 9.17) is 5.11 Å². The molecule has 21 heavy (non-hydrogen) atoms. The molecule has 0 aliphatic carbocycles. The van der Waals surface area contributed by atoms with E-state index in [1.807, 2.05) is 6.92 Å². The molecule has 0 heterocycles. The first-order valence-corrected chi connectivity index (χ1v) is 7.11. The van der Waals surface area contributed by atoms with Crippen molar-refractivity contribution in [3.63, 3.8) is 0 Å². The number of halogens is 1. The van der Waals surface area contributed by atoms with Crippen LogP contribution in [0.2, 0.25) is 0 Å². The Morgan fingerprint density at radius 1 is 1.29 bits per heavy atom. The van der Waals surface area contributed by atoms with Crippen LogP contribution in [0.15, 0.2) is 18.2 Å². The van der Waals surface area contributed by atoms with Gasteiger partial charge in [0.1, 0.15) is 5.82 Å². The first kappa shape index (κ1) is 17.1. The molecule has 5 heteroatoms. The van der Waals surface area contributed by atoms with Gasteiger partial charge in [-0.15, -0.1) is 0 Å². The predicted molar refractivity (Wildman–Crippen MR) is 78.7 cm³/mol. The Hall–Kier alpha value is -1.91. The van der Waals surface area contributed by atoms with Crippen molar-refractivity contribution in [1.29, 1.82) is 0 Å². The summed E-state index contributed by atoms with van der Waals surface area (Å²) in [6.45, 7) is 5.16. The summed E-state index contributed by atoms with van der Waals surface area (Å²) in [5, 5.41) is 11.6.